The molecule has 0 amide bonds. The van der Waals surface area contributed by atoms with Crippen LogP contribution in [0.1, 0.15) is 11.4 Å². The highest BCUT2D eigenvalue weighted by molar-refractivity contribution is 5.51. The summed E-state index contributed by atoms with van der Waals surface area (Å²) in [6, 6.07) is 3.02. The fourth-order valence-electron chi connectivity index (χ4n) is 0.715. The second kappa shape index (κ2) is 3.24. The highest BCUT2D eigenvalue weighted by Crippen LogP contribution is 2.17. The van der Waals surface area contributed by atoms with Crippen LogP contribution in [0.25, 0.3) is 0 Å². The summed E-state index contributed by atoms with van der Waals surface area (Å²) in [5.41, 5.74) is -1.46. The van der Waals surface area contributed by atoms with Crippen molar-refractivity contribution in [2.24, 2.45) is 0 Å². The van der Waals surface area contributed by atoms with Crippen molar-refractivity contribution in [2.75, 3.05) is 0 Å². The second-order valence-electron chi connectivity index (χ2n) is 1.90. The predicted octanol–water partition coefficient (Wildman–Crippen LogP) is 0.128. The van der Waals surface area contributed by atoms with Crippen LogP contribution in [0.15, 0.2) is 6.33 Å². The normalized spacial score (nSPS) is 8.46. The van der Waals surface area contributed by atoms with Crippen LogP contribution < -0.4 is 0 Å². The third kappa shape index (κ3) is 1.39. The van der Waals surface area contributed by atoms with Crippen LogP contribution in [-0.4, -0.2) is 14.9 Å². The van der Waals surface area contributed by atoms with Crippen LogP contribution in [-0.2, 0) is 0 Å². The van der Waals surface area contributed by atoms with E-state index in [0.29, 0.717) is 0 Å². The maximum Gasteiger partial charge on any atom is 0.341 e. The lowest BCUT2D eigenvalue weighted by Gasteiger charge is -1.93. The third-order valence-corrected chi connectivity index (χ3v) is 1.22. The van der Waals surface area contributed by atoms with Gasteiger partial charge in [0.05, 0.1) is 4.92 Å². The van der Waals surface area contributed by atoms with E-state index in [1.807, 2.05) is 0 Å². The molecule has 0 radical (unpaired) electrons. The lowest BCUT2D eigenvalue weighted by atomic mass is 10.3. The molecule has 0 atom stereocenters. The Balaban J connectivity index is 3.52. The fraction of sp³-hybridized carbons (Fsp3) is 0. The largest absolute Gasteiger partial charge is 0.341 e. The van der Waals surface area contributed by atoms with Crippen molar-refractivity contribution in [1.29, 1.82) is 10.5 Å². The van der Waals surface area contributed by atoms with E-state index < -0.39 is 22.0 Å². The maximum atomic E-state index is 10.4. The zero-order chi connectivity index (χ0) is 9.84. The second-order valence-corrected chi connectivity index (χ2v) is 1.90. The highest BCUT2D eigenvalue weighted by Gasteiger charge is 2.21. The number of nitriles is 2. The molecule has 1 aromatic heterocycles. The zero-order valence-corrected chi connectivity index (χ0v) is 6.13. The lowest BCUT2D eigenvalue weighted by molar-refractivity contribution is -0.386. The molecule has 0 aliphatic heterocycles. The third-order valence-electron chi connectivity index (χ3n) is 1.22. The van der Waals surface area contributed by atoms with Crippen LogP contribution in [0.4, 0.5) is 5.69 Å². The predicted molar refractivity (Wildman–Crippen MR) is 38.1 cm³/mol. The first kappa shape index (κ1) is 8.56. The van der Waals surface area contributed by atoms with E-state index in [-0.39, 0.29) is 0 Å². The van der Waals surface area contributed by atoms with E-state index in [1.165, 1.54) is 12.1 Å². The summed E-state index contributed by atoms with van der Waals surface area (Å²) in [6.45, 7) is 0. The van der Waals surface area contributed by atoms with Gasteiger partial charge >= 0.3 is 5.69 Å². The molecule has 0 saturated heterocycles. The van der Waals surface area contributed by atoms with Crippen LogP contribution >= 0.6 is 0 Å². The Morgan fingerprint density at radius 1 is 1.31 bits per heavy atom. The Morgan fingerprint density at radius 2 is 1.77 bits per heavy atom. The summed E-state index contributed by atoms with van der Waals surface area (Å²) in [6.07, 6.45) is 0.935. The van der Waals surface area contributed by atoms with Gasteiger partial charge in [-0.25, -0.2) is 9.97 Å². The first-order valence-corrected chi connectivity index (χ1v) is 3.00. The number of rotatable bonds is 1. The Morgan fingerprint density at radius 3 is 2.08 bits per heavy atom. The number of nitro groups is 1. The standard InChI is InChI=1S/C6HN5O2/c7-1-4-6(11(12)13)5(2-8)10-3-9-4/h3H. The minimum Gasteiger partial charge on any atom is -0.258 e. The number of nitrogens with zero attached hydrogens (tertiary/aromatic N) is 5. The first-order valence-electron chi connectivity index (χ1n) is 3.00. The molecule has 1 rings (SSSR count). The van der Waals surface area contributed by atoms with Gasteiger partial charge in [0, 0.05) is 0 Å². The van der Waals surface area contributed by atoms with E-state index in [0.717, 1.165) is 6.33 Å². The van der Waals surface area contributed by atoms with Gasteiger partial charge in [-0.2, -0.15) is 10.5 Å². The van der Waals surface area contributed by atoms with Gasteiger partial charge in [0.1, 0.15) is 18.5 Å². The molecule has 0 N–H and O–H groups in total. The van der Waals surface area contributed by atoms with Crippen molar-refractivity contribution < 1.29 is 4.92 Å². The monoisotopic (exact) mass is 175 g/mol. The van der Waals surface area contributed by atoms with Gasteiger partial charge in [0.25, 0.3) is 0 Å². The van der Waals surface area contributed by atoms with Crippen molar-refractivity contribution in [3.63, 3.8) is 0 Å². The molecule has 62 valence electrons. The smallest absolute Gasteiger partial charge is 0.258 e. The molecular formula is C6HN5O2. The van der Waals surface area contributed by atoms with Crippen molar-refractivity contribution in [1.82, 2.24) is 9.97 Å². The molecule has 1 aromatic rings. The van der Waals surface area contributed by atoms with E-state index in [4.69, 9.17) is 10.5 Å². The van der Waals surface area contributed by atoms with Gasteiger partial charge in [-0.05, 0) is 0 Å². The van der Waals surface area contributed by atoms with Crippen molar-refractivity contribution in [3.8, 4) is 12.1 Å². The average Bonchev–Trinajstić information content (AvgIpc) is 2.16. The SMILES string of the molecule is N#Cc1ncnc(C#N)c1[N+](=O)[O-]. The quantitative estimate of drug-likeness (QED) is 0.442. The van der Waals surface area contributed by atoms with E-state index >= 15 is 0 Å². The topological polar surface area (TPSA) is 116 Å². The van der Waals surface area contributed by atoms with E-state index in [9.17, 15) is 10.1 Å². The minimum atomic E-state index is -0.850. The molecule has 7 heteroatoms. The molecule has 0 bridgehead atoms. The number of hydrogen-bond acceptors (Lipinski definition) is 6. The summed E-state index contributed by atoms with van der Waals surface area (Å²) in [4.78, 5) is 16.3. The zero-order valence-electron chi connectivity index (χ0n) is 6.13. The van der Waals surface area contributed by atoms with Gasteiger partial charge in [-0.3, -0.25) is 10.1 Å². The molecule has 0 saturated carbocycles. The molecule has 0 aliphatic rings. The Labute approximate surface area is 72.0 Å². The average molecular weight is 175 g/mol. The molecule has 0 spiro atoms. The maximum absolute atomic E-state index is 10.4. The van der Waals surface area contributed by atoms with Crippen LogP contribution in [0, 0.1) is 32.8 Å². The Hall–Kier alpha value is -2.54. The fourth-order valence-corrected chi connectivity index (χ4v) is 0.715. The summed E-state index contributed by atoms with van der Waals surface area (Å²) in [7, 11) is 0. The summed E-state index contributed by atoms with van der Waals surface area (Å²) < 4.78 is 0. The molecule has 0 fully saturated rings. The van der Waals surface area contributed by atoms with Gasteiger partial charge in [0.15, 0.2) is 0 Å². The number of hydrogen-bond donors (Lipinski definition) is 0. The minimum absolute atomic E-state index is 0.406. The Kier molecular flexibility index (Phi) is 2.13. The van der Waals surface area contributed by atoms with Crippen molar-refractivity contribution >= 4 is 5.69 Å². The highest BCUT2D eigenvalue weighted by atomic mass is 16.6. The summed E-state index contributed by atoms with van der Waals surface area (Å²) >= 11 is 0. The van der Waals surface area contributed by atoms with Gasteiger partial charge in [-0.1, -0.05) is 0 Å². The molecule has 0 aliphatic carbocycles. The lowest BCUT2D eigenvalue weighted by Crippen LogP contribution is -2.00. The first-order chi connectivity index (χ1) is 6.20. The van der Waals surface area contributed by atoms with E-state index in [2.05, 4.69) is 9.97 Å². The van der Waals surface area contributed by atoms with Gasteiger partial charge in [0.2, 0.25) is 11.4 Å². The van der Waals surface area contributed by atoms with Crippen molar-refractivity contribution in [2.45, 2.75) is 0 Å². The van der Waals surface area contributed by atoms with Crippen LogP contribution in [0.3, 0.4) is 0 Å². The molecular weight excluding hydrogens is 174 g/mol. The molecule has 0 unspecified atom stereocenters. The van der Waals surface area contributed by atoms with Crippen molar-refractivity contribution in [3.05, 3.63) is 27.8 Å². The van der Waals surface area contributed by atoms with E-state index in [1.54, 1.807) is 0 Å². The Bertz CT molecular complexity index is 409. The summed E-state index contributed by atoms with van der Waals surface area (Å²) in [5, 5.41) is 27.2. The summed E-state index contributed by atoms with van der Waals surface area (Å²) in [5.74, 6) is 0. The molecule has 7 nitrogen and oxygen atoms in total. The van der Waals surface area contributed by atoms with Crippen LogP contribution in [0.5, 0.6) is 0 Å². The number of aromatic nitrogens is 2. The van der Waals surface area contributed by atoms with Crippen LogP contribution in [0.2, 0.25) is 0 Å². The van der Waals surface area contributed by atoms with Gasteiger partial charge < -0.3 is 0 Å². The molecule has 1 heterocycles. The van der Waals surface area contributed by atoms with Gasteiger partial charge in [-0.15, -0.1) is 0 Å². The molecule has 13 heavy (non-hydrogen) atoms. The molecule has 0 aromatic carbocycles.